The number of alkyl halides is 1. The molecular formula is C13H16ClN3O2S2. The van der Waals surface area contributed by atoms with Crippen molar-refractivity contribution in [3.05, 3.63) is 33.8 Å². The van der Waals surface area contributed by atoms with Crippen molar-refractivity contribution < 1.29 is 8.42 Å². The van der Waals surface area contributed by atoms with Gasteiger partial charge in [0, 0.05) is 12.6 Å². The van der Waals surface area contributed by atoms with Gasteiger partial charge in [0.05, 0.1) is 17.3 Å². The monoisotopic (exact) mass is 345 g/mol. The molecule has 0 spiro atoms. The van der Waals surface area contributed by atoms with Gasteiger partial charge in [-0.3, -0.25) is 5.10 Å². The third-order valence-electron chi connectivity index (χ3n) is 3.53. The van der Waals surface area contributed by atoms with Gasteiger partial charge in [0.1, 0.15) is 4.90 Å². The highest BCUT2D eigenvalue weighted by Crippen LogP contribution is 2.35. The average molecular weight is 346 g/mol. The van der Waals surface area contributed by atoms with Gasteiger partial charge in [0.25, 0.3) is 0 Å². The number of sulfonamides is 1. The van der Waals surface area contributed by atoms with E-state index in [4.69, 9.17) is 11.6 Å². The molecule has 0 unspecified atom stereocenters. The molecule has 5 nitrogen and oxygen atoms in total. The maximum Gasteiger partial charge on any atom is 0.247 e. The molecule has 8 heteroatoms. The molecule has 0 amide bonds. The fraction of sp³-hybridized carbons (Fsp3) is 0.462. The van der Waals surface area contributed by atoms with E-state index in [1.54, 1.807) is 22.6 Å². The molecule has 1 aliphatic carbocycles. The van der Waals surface area contributed by atoms with Crippen LogP contribution in [0.15, 0.2) is 21.7 Å². The Morgan fingerprint density at radius 2 is 2.29 bits per heavy atom. The summed E-state index contributed by atoms with van der Waals surface area (Å²) in [6, 6.07) is 2.05. The summed E-state index contributed by atoms with van der Waals surface area (Å²) in [7, 11) is -3.58. The van der Waals surface area contributed by atoms with Crippen LogP contribution in [0.2, 0.25) is 0 Å². The zero-order valence-corrected chi connectivity index (χ0v) is 13.9. The van der Waals surface area contributed by atoms with Crippen molar-refractivity contribution in [3.8, 4) is 0 Å². The average Bonchev–Trinajstić information content (AvgIpc) is 3.00. The van der Waals surface area contributed by atoms with Crippen LogP contribution in [0, 0.1) is 6.92 Å². The van der Waals surface area contributed by atoms with Gasteiger partial charge in [0.2, 0.25) is 10.0 Å². The van der Waals surface area contributed by atoms with Crippen molar-refractivity contribution in [3.63, 3.8) is 0 Å². The third kappa shape index (κ3) is 2.88. The summed E-state index contributed by atoms with van der Waals surface area (Å²) in [5, 5.41) is 10.7. The van der Waals surface area contributed by atoms with Crippen LogP contribution < -0.4 is 0 Å². The lowest BCUT2D eigenvalue weighted by atomic mass is 10.3. The molecule has 0 saturated heterocycles. The minimum Gasteiger partial charge on any atom is -0.281 e. The Hall–Kier alpha value is -0.890. The highest BCUT2D eigenvalue weighted by Gasteiger charge is 2.40. The summed E-state index contributed by atoms with van der Waals surface area (Å²) in [4.78, 5) is 0.236. The molecule has 1 N–H and O–H groups in total. The van der Waals surface area contributed by atoms with Crippen LogP contribution in [-0.2, 0) is 22.4 Å². The van der Waals surface area contributed by atoms with Crippen LogP contribution in [0.4, 0.5) is 0 Å². The van der Waals surface area contributed by atoms with Crippen LogP contribution in [0.5, 0.6) is 0 Å². The van der Waals surface area contributed by atoms with Gasteiger partial charge in [-0.15, -0.1) is 11.6 Å². The van der Waals surface area contributed by atoms with Crippen LogP contribution in [0.1, 0.15) is 29.8 Å². The number of hydrogen-bond donors (Lipinski definition) is 1. The quantitative estimate of drug-likeness (QED) is 0.819. The zero-order valence-electron chi connectivity index (χ0n) is 11.5. The Morgan fingerprint density at radius 3 is 2.86 bits per heavy atom. The van der Waals surface area contributed by atoms with Gasteiger partial charge in [0.15, 0.2) is 0 Å². The molecule has 2 aromatic heterocycles. The van der Waals surface area contributed by atoms with E-state index < -0.39 is 10.0 Å². The Bertz CT molecular complexity index is 721. The summed E-state index contributed by atoms with van der Waals surface area (Å²) >= 11 is 7.40. The van der Waals surface area contributed by atoms with Gasteiger partial charge in [-0.1, -0.05) is 0 Å². The predicted molar refractivity (Wildman–Crippen MR) is 83.0 cm³/mol. The molecule has 21 heavy (non-hydrogen) atoms. The third-order valence-corrected chi connectivity index (χ3v) is 6.61. The van der Waals surface area contributed by atoms with E-state index in [9.17, 15) is 8.42 Å². The normalized spacial score (nSPS) is 15.8. The number of H-pyrrole nitrogens is 1. The van der Waals surface area contributed by atoms with Crippen molar-refractivity contribution in [1.29, 1.82) is 0 Å². The first-order valence-electron chi connectivity index (χ1n) is 6.66. The highest BCUT2D eigenvalue weighted by atomic mass is 35.5. The maximum absolute atomic E-state index is 13.0. The summed E-state index contributed by atoms with van der Waals surface area (Å²) in [5.41, 5.74) is 1.95. The standard InChI is InChI=1S/C13H16ClN3O2S2/c1-9-13(12(6-14)16-15-9)21(18,19)17(11-2-3-11)7-10-4-5-20-8-10/h4-5,8,11H,2-3,6-7H2,1H3,(H,15,16). The second-order valence-electron chi connectivity index (χ2n) is 5.17. The van der Waals surface area contributed by atoms with Crippen LogP contribution >= 0.6 is 22.9 Å². The van der Waals surface area contributed by atoms with E-state index in [0.717, 1.165) is 18.4 Å². The molecule has 3 rings (SSSR count). The van der Waals surface area contributed by atoms with Gasteiger partial charge < -0.3 is 0 Å². The smallest absolute Gasteiger partial charge is 0.247 e. The highest BCUT2D eigenvalue weighted by molar-refractivity contribution is 7.89. The molecule has 0 aliphatic heterocycles. The Kier molecular flexibility index (Phi) is 4.09. The molecule has 114 valence electrons. The summed E-state index contributed by atoms with van der Waals surface area (Å²) < 4.78 is 27.6. The number of thiophene rings is 1. The van der Waals surface area contributed by atoms with E-state index >= 15 is 0 Å². The number of aromatic amines is 1. The second-order valence-corrected chi connectivity index (χ2v) is 8.05. The second kappa shape index (κ2) is 5.72. The summed E-state index contributed by atoms with van der Waals surface area (Å²) in [5.74, 6) is 0.0792. The van der Waals surface area contributed by atoms with Crippen molar-refractivity contribution >= 4 is 33.0 Å². The first-order chi connectivity index (χ1) is 10.0. The van der Waals surface area contributed by atoms with Crippen LogP contribution in [0.3, 0.4) is 0 Å². The first-order valence-corrected chi connectivity index (χ1v) is 9.58. The van der Waals surface area contributed by atoms with Crippen molar-refractivity contribution in [2.24, 2.45) is 0 Å². The van der Waals surface area contributed by atoms with Gasteiger partial charge in [-0.05, 0) is 42.2 Å². The lowest BCUT2D eigenvalue weighted by Crippen LogP contribution is -2.33. The molecule has 2 aromatic rings. The molecule has 0 aromatic carbocycles. The molecule has 0 atom stereocenters. The van der Waals surface area contributed by atoms with Crippen LogP contribution in [0.25, 0.3) is 0 Å². The minimum atomic E-state index is -3.58. The molecule has 0 radical (unpaired) electrons. The Balaban J connectivity index is 1.99. The summed E-state index contributed by atoms with van der Waals surface area (Å²) in [6.07, 6.45) is 1.83. The number of rotatable bonds is 6. The van der Waals surface area contributed by atoms with Gasteiger partial charge in [-0.2, -0.15) is 20.7 Å². The molecule has 0 bridgehead atoms. The fourth-order valence-corrected chi connectivity index (χ4v) is 5.29. The minimum absolute atomic E-state index is 0.0792. The van der Waals surface area contributed by atoms with E-state index in [1.165, 1.54) is 0 Å². The molecule has 1 aliphatic rings. The fourth-order valence-electron chi connectivity index (χ4n) is 2.35. The SMILES string of the molecule is Cc1[nH]nc(CCl)c1S(=O)(=O)N(Cc1ccsc1)C1CC1. The first kappa shape index (κ1) is 15.0. The summed E-state index contributed by atoms with van der Waals surface area (Å²) in [6.45, 7) is 2.12. The molecule has 2 heterocycles. The number of nitrogens with one attached hydrogen (secondary N) is 1. The Labute approximate surface area is 133 Å². The van der Waals surface area contributed by atoms with Crippen molar-refractivity contribution in [1.82, 2.24) is 14.5 Å². The number of halogens is 1. The zero-order chi connectivity index (χ0) is 15.0. The maximum atomic E-state index is 13.0. The topological polar surface area (TPSA) is 66.1 Å². The van der Waals surface area contributed by atoms with Crippen LogP contribution in [-0.4, -0.2) is 29.0 Å². The van der Waals surface area contributed by atoms with E-state index in [-0.39, 0.29) is 16.8 Å². The van der Waals surface area contributed by atoms with E-state index in [2.05, 4.69) is 10.2 Å². The van der Waals surface area contributed by atoms with E-state index in [0.29, 0.717) is 17.9 Å². The number of aromatic nitrogens is 2. The number of aryl methyl sites for hydroxylation is 1. The number of nitrogens with zero attached hydrogens (tertiary/aromatic N) is 2. The Morgan fingerprint density at radius 1 is 1.52 bits per heavy atom. The van der Waals surface area contributed by atoms with Crippen molar-refractivity contribution in [2.45, 2.75) is 43.1 Å². The molecule has 1 saturated carbocycles. The lowest BCUT2D eigenvalue weighted by Gasteiger charge is -2.21. The van der Waals surface area contributed by atoms with Gasteiger partial charge in [-0.25, -0.2) is 8.42 Å². The molecule has 1 fully saturated rings. The van der Waals surface area contributed by atoms with E-state index in [1.807, 2.05) is 16.8 Å². The predicted octanol–water partition coefficient (Wildman–Crippen LogP) is 2.87. The van der Waals surface area contributed by atoms with Crippen molar-refractivity contribution in [2.75, 3.05) is 0 Å². The molecular weight excluding hydrogens is 330 g/mol. The lowest BCUT2D eigenvalue weighted by molar-refractivity contribution is 0.398. The largest absolute Gasteiger partial charge is 0.281 e. The number of hydrogen-bond acceptors (Lipinski definition) is 4. The van der Waals surface area contributed by atoms with Gasteiger partial charge >= 0.3 is 0 Å².